The van der Waals surface area contributed by atoms with Gasteiger partial charge in [0.15, 0.2) is 6.10 Å². The lowest BCUT2D eigenvalue weighted by Gasteiger charge is -2.28. The van der Waals surface area contributed by atoms with Crippen molar-refractivity contribution in [1.82, 2.24) is 9.97 Å². The predicted octanol–water partition coefficient (Wildman–Crippen LogP) is 7.89. The Kier molecular flexibility index (Phi) is 6.71. The highest BCUT2D eigenvalue weighted by Crippen LogP contribution is 2.44. The van der Waals surface area contributed by atoms with Gasteiger partial charge < -0.3 is 9.84 Å². The van der Waals surface area contributed by atoms with Gasteiger partial charge >= 0.3 is 5.97 Å². The Morgan fingerprint density at radius 1 is 1.09 bits per heavy atom. The molecule has 5 nitrogen and oxygen atoms in total. The molecule has 4 aromatic rings. The van der Waals surface area contributed by atoms with E-state index in [2.05, 4.69) is 4.98 Å². The Labute approximate surface area is 212 Å². The number of ether oxygens (including phenoxy) is 1. The molecule has 0 saturated carbocycles. The standard InChI is InChI=1S/C26H24Cl2N2O3S/c1-13-10-18-23(34-24(30-18)17-11-19(28)29-12-14(17)2)21(15-6-8-16(27)9-7-15)20(13)22(25(31)32)33-26(3,4)5/h6-12,22H,1-5H3,(H,31,32). The van der Waals surface area contributed by atoms with Crippen molar-refractivity contribution in [3.63, 3.8) is 0 Å². The molecule has 0 radical (unpaired) electrons. The zero-order valence-electron chi connectivity index (χ0n) is 19.4. The van der Waals surface area contributed by atoms with Crippen molar-refractivity contribution in [3.8, 4) is 21.7 Å². The van der Waals surface area contributed by atoms with Crippen molar-refractivity contribution < 1.29 is 14.6 Å². The average Bonchev–Trinajstić information content (AvgIpc) is 3.16. The third-order valence-corrected chi connectivity index (χ3v) is 6.90. The summed E-state index contributed by atoms with van der Waals surface area (Å²) in [6.45, 7) is 9.39. The van der Waals surface area contributed by atoms with Gasteiger partial charge in [0.2, 0.25) is 0 Å². The molecule has 1 atom stereocenters. The van der Waals surface area contributed by atoms with Gasteiger partial charge in [-0.25, -0.2) is 14.8 Å². The quantitative estimate of drug-likeness (QED) is 0.274. The summed E-state index contributed by atoms with van der Waals surface area (Å²) in [4.78, 5) is 21.5. The van der Waals surface area contributed by atoms with Crippen molar-refractivity contribution >= 4 is 50.7 Å². The van der Waals surface area contributed by atoms with E-state index >= 15 is 0 Å². The molecule has 0 saturated heterocycles. The van der Waals surface area contributed by atoms with E-state index in [1.54, 1.807) is 24.4 Å². The molecule has 0 aliphatic heterocycles. The molecular weight excluding hydrogens is 491 g/mol. The van der Waals surface area contributed by atoms with Crippen LogP contribution in [0.2, 0.25) is 10.2 Å². The van der Waals surface area contributed by atoms with E-state index in [9.17, 15) is 9.90 Å². The summed E-state index contributed by atoms with van der Waals surface area (Å²) in [5.41, 5.74) is 4.98. The van der Waals surface area contributed by atoms with Gasteiger partial charge in [-0.05, 0) is 75.6 Å². The van der Waals surface area contributed by atoms with Gasteiger partial charge in [-0.3, -0.25) is 0 Å². The molecule has 1 N–H and O–H groups in total. The summed E-state index contributed by atoms with van der Waals surface area (Å²) in [6.07, 6.45) is 0.566. The summed E-state index contributed by atoms with van der Waals surface area (Å²) in [5.74, 6) is -1.05. The average molecular weight is 515 g/mol. The number of carbonyl (C=O) groups is 1. The number of benzene rings is 2. The summed E-state index contributed by atoms with van der Waals surface area (Å²) < 4.78 is 6.93. The lowest BCUT2D eigenvalue weighted by molar-refractivity contribution is -0.160. The Hall–Kier alpha value is -2.51. The molecule has 0 fully saturated rings. The van der Waals surface area contributed by atoms with Crippen LogP contribution in [0.1, 0.15) is 43.6 Å². The molecular formula is C26H24Cl2N2O3S. The number of nitrogens with zero attached hydrogens (tertiary/aromatic N) is 2. The topological polar surface area (TPSA) is 72.3 Å². The minimum atomic E-state index is -1.15. The SMILES string of the molecule is Cc1cnc(Cl)cc1-c1nc2cc(C)c(C(OC(C)(C)C)C(=O)O)c(-c3ccc(Cl)cc3)c2s1. The zero-order valence-corrected chi connectivity index (χ0v) is 21.8. The number of hydrogen-bond acceptors (Lipinski definition) is 5. The minimum Gasteiger partial charge on any atom is -0.479 e. The molecule has 0 bridgehead atoms. The number of aryl methyl sites for hydroxylation is 2. The van der Waals surface area contributed by atoms with E-state index < -0.39 is 17.7 Å². The van der Waals surface area contributed by atoms with Gasteiger partial charge in [0, 0.05) is 27.9 Å². The van der Waals surface area contributed by atoms with E-state index in [-0.39, 0.29) is 0 Å². The maximum absolute atomic E-state index is 12.4. The maximum atomic E-state index is 12.4. The number of halogens is 2. The van der Waals surface area contributed by atoms with Crippen LogP contribution >= 0.6 is 34.5 Å². The first kappa shape index (κ1) is 24.6. The Bertz CT molecular complexity index is 1390. The molecule has 2 heterocycles. The van der Waals surface area contributed by atoms with Crippen LogP contribution in [0.25, 0.3) is 31.9 Å². The molecule has 1 unspecified atom stereocenters. The largest absolute Gasteiger partial charge is 0.479 e. The van der Waals surface area contributed by atoms with E-state index in [0.29, 0.717) is 15.7 Å². The van der Waals surface area contributed by atoms with Gasteiger partial charge in [0.25, 0.3) is 0 Å². The highest BCUT2D eigenvalue weighted by atomic mass is 35.5. The van der Waals surface area contributed by atoms with Gasteiger partial charge in [-0.1, -0.05) is 35.3 Å². The second kappa shape index (κ2) is 9.27. The number of fused-ring (bicyclic) bond motifs is 1. The van der Waals surface area contributed by atoms with Crippen LogP contribution < -0.4 is 0 Å². The molecule has 0 aliphatic carbocycles. The van der Waals surface area contributed by atoms with E-state index in [0.717, 1.165) is 43.0 Å². The third-order valence-electron chi connectivity index (χ3n) is 5.32. The van der Waals surface area contributed by atoms with Gasteiger partial charge in [0.05, 0.1) is 15.8 Å². The lowest BCUT2D eigenvalue weighted by atomic mass is 9.91. The Morgan fingerprint density at radius 3 is 2.38 bits per heavy atom. The van der Waals surface area contributed by atoms with Crippen LogP contribution in [0.3, 0.4) is 0 Å². The molecule has 34 heavy (non-hydrogen) atoms. The number of hydrogen-bond donors (Lipinski definition) is 1. The third kappa shape index (κ3) is 4.96. The molecule has 0 spiro atoms. The number of thiazole rings is 1. The van der Waals surface area contributed by atoms with Crippen molar-refractivity contribution in [1.29, 1.82) is 0 Å². The van der Waals surface area contributed by atoms with Crippen LogP contribution in [0.4, 0.5) is 0 Å². The van der Waals surface area contributed by atoms with Crippen LogP contribution in [0.5, 0.6) is 0 Å². The zero-order chi connectivity index (χ0) is 24.8. The lowest BCUT2D eigenvalue weighted by Crippen LogP contribution is -2.28. The summed E-state index contributed by atoms with van der Waals surface area (Å²) in [7, 11) is 0. The van der Waals surface area contributed by atoms with Crippen molar-refractivity contribution in [2.45, 2.75) is 46.3 Å². The summed E-state index contributed by atoms with van der Waals surface area (Å²) >= 11 is 13.8. The van der Waals surface area contributed by atoms with Crippen molar-refractivity contribution in [3.05, 3.63) is 69.5 Å². The molecule has 0 amide bonds. The van der Waals surface area contributed by atoms with Crippen LogP contribution in [-0.2, 0) is 9.53 Å². The Morgan fingerprint density at radius 2 is 1.76 bits per heavy atom. The number of aromatic nitrogens is 2. The molecule has 0 aliphatic rings. The maximum Gasteiger partial charge on any atom is 0.337 e. The smallest absolute Gasteiger partial charge is 0.337 e. The first-order valence-electron chi connectivity index (χ1n) is 10.7. The summed E-state index contributed by atoms with van der Waals surface area (Å²) in [6, 6.07) is 11.1. The number of aliphatic carboxylic acids is 1. The predicted molar refractivity (Wildman–Crippen MR) is 139 cm³/mol. The molecule has 176 valence electrons. The normalized spacial score (nSPS) is 12.8. The number of carboxylic acids is 1. The first-order valence-corrected chi connectivity index (χ1v) is 12.2. The van der Waals surface area contributed by atoms with Crippen LogP contribution in [0, 0.1) is 13.8 Å². The van der Waals surface area contributed by atoms with Crippen molar-refractivity contribution in [2.24, 2.45) is 0 Å². The monoisotopic (exact) mass is 514 g/mol. The van der Waals surface area contributed by atoms with Crippen molar-refractivity contribution in [2.75, 3.05) is 0 Å². The van der Waals surface area contributed by atoms with E-state index in [1.807, 2.05) is 52.8 Å². The number of carboxylic acid groups (broad SMARTS) is 1. The van der Waals surface area contributed by atoms with E-state index in [1.165, 1.54) is 11.3 Å². The van der Waals surface area contributed by atoms with Gasteiger partial charge in [-0.2, -0.15) is 0 Å². The molecule has 8 heteroatoms. The van der Waals surface area contributed by atoms with Gasteiger partial charge in [0.1, 0.15) is 10.2 Å². The second-order valence-corrected chi connectivity index (χ2v) is 10.9. The number of pyridine rings is 1. The molecule has 2 aromatic carbocycles. The Balaban J connectivity index is 2.06. The molecule has 4 rings (SSSR count). The molecule has 2 aromatic heterocycles. The summed E-state index contributed by atoms with van der Waals surface area (Å²) in [5, 5.41) is 11.9. The van der Waals surface area contributed by atoms with Crippen LogP contribution in [-0.4, -0.2) is 26.6 Å². The fourth-order valence-electron chi connectivity index (χ4n) is 3.88. The number of rotatable bonds is 5. The van der Waals surface area contributed by atoms with Crippen LogP contribution in [0.15, 0.2) is 42.6 Å². The fourth-order valence-corrected chi connectivity index (χ4v) is 5.37. The fraction of sp³-hybridized carbons (Fsp3) is 0.269. The van der Waals surface area contributed by atoms with E-state index in [4.69, 9.17) is 32.9 Å². The van der Waals surface area contributed by atoms with Gasteiger partial charge in [-0.15, -0.1) is 11.3 Å². The second-order valence-electron chi connectivity index (χ2n) is 9.13. The highest BCUT2D eigenvalue weighted by molar-refractivity contribution is 7.22. The highest BCUT2D eigenvalue weighted by Gasteiger charge is 2.32. The minimum absolute atomic E-state index is 0.388. The first-order chi connectivity index (χ1) is 15.9.